The van der Waals surface area contributed by atoms with Crippen LogP contribution in [0.4, 0.5) is 4.39 Å². The first kappa shape index (κ1) is 13.9. The molecule has 0 amide bonds. The number of carboxylic acids is 1. The first-order valence-electron chi connectivity index (χ1n) is 7.23. The zero-order valence-electron chi connectivity index (χ0n) is 11.6. The van der Waals surface area contributed by atoms with Crippen LogP contribution in [0.2, 0.25) is 0 Å². The Hall–Kier alpha value is -2.10. The van der Waals surface area contributed by atoms with Gasteiger partial charge in [-0.2, -0.15) is 0 Å². The van der Waals surface area contributed by atoms with Gasteiger partial charge in [0.15, 0.2) is 0 Å². The number of phenols is 1. The summed E-state index contributed by atoms with van der Waals surface area (Å²) in [6.07, 6.45) is 5.90. The lowest BCUT2D eigenvalue weighted by atomic mass is 9.73. The standard InChI is InChI=1S/C17H17FO3/c18-14-6-2-5-12(16(14)10-3-1-4-10)13-9-11(17(20)21)7-8-15(13)19/h5,7-10,19H,1-4,6H2,(H,20,21). The molecular weight excluding hydrogens is 271 g/mol. The van der Waals surface area contributed by atoms with E-state index in [-0.39, 0.29) is 23.1 Å². The van der Waals surface area contributed by atoms with Crippen molar-refractivity contribution < 1.29 is 19.4 Å². The first-order chi connectivity index (χ1) is 10.1. The molecule has 1 aromatic rings. The van der Waals surface area contributed by atoms with Crippen molar-refractivity contribution in [3.63, 3.8) is 0 Å². The van der Waals surface area contributed by atoms with Gasteiger partial charge in [-0.05, 0) is 54.5 Å². The number of aromatic hydroxyl groups is 1. The van der Waals surface area contributed by atoms with Crippen LogP contribution in [-0.4, -0.2) is 16.2 Å². The number of hydrogen-bond acceptors (Lipinski definition) is 2. The Labute approximate surface area is 122 Å². The van der Waals surface area contributed by atoms with E-state index in [4.69, 9.17) is 5.11 Å². The highest BCUT2D eigenvalue weighted by molar-refractivity contribution is 5.92. The molecule has 0 saturated heterocycles. The number of carbonyl (C=O) groups is 1. The van der Waals surface area contributed by atoms with Gasteiger partial charge in [0.05, 0.1) is 5.56 Å². The Morgan fingerprint density at radius 3 is 2.67 bits per heavy atom. The maximum absolute atomic E-state index is 14.3. The van der Waals surface area contributed by atoms with Gasteiger partial charge in [0.25, 0.3) is 0 Å². The van der Waals surface area contributed by atoms with Crippen LogP contribution >= 0.6 is 0 Å². The third-order valence-corrected chi connectivity index (χ3v) is 4.34. The quantitative estimate of drug-likeness (QED) is 0.872. The number of phenolic OH excluding ortho intramolecular Hbond substituents is 1. The summed E-state index contributed by atoms with van der Waals surface area (Å²) in [5.74, 6) is -0.971. The van der Waals surface area contributed by atoms with Gasteiger partial charge < -0.3 is 10.2 Å². The number of aromatic carboxylic acids is 1. The van der Waals surface area contributed by atoms with E-state index in [1.54, 1.807) is 0 Å². The number of rotatable bonds is 3. The molecule has 1 aromatic carbocycles. The van der Waals surface area contributed by atoms with Gasteiger partial charge in [0, 0.05) is 12.0 Å². The second kappa shape index (κ2) is 5.35. The van der Waals surface area contributed by atoms with Crippen LogP contribution in [0.5, 0.6) is 5.75 Å². The van der Waals surface area contributed by atoms with E-state index < -0.39 is 5.97 Å². The molecule has 4 heteroatoms. The molecule has 1 fully saturated rings. The van der Waals surface area contributed by atoms with Gasteiger partial charge in [0.1, 0.15) is 11.6 Å². The van der Waals surface area contributed by atoms with E-state index in [2.05, 4.69) is 0 Å². The van der Waals surface area contributed by atoms with Gasteiger partial charge in [-0.25, -0.2) is 9.18 Å². The lowest BCUT2D eigenvalue weighted by Crippen LogP contribution is -2.17. The summed E-state index contributed by atoms with van der Waals surface area (Å²) >= 11 is 0. The topological polar surface area (TPSA) is 57.5 Å². The van der Waals surface area contributed by atoms with Crippen molar-refractivity contribution in [3.8, 4) is 5.75 Å². The average Bonchev–Trinajstić information content (AvgIpc) is 2.39. The fourth-order valence-corrected chi connectivity index (χ4v) is 3.01. The predicted molar refractivity (Wildman–Crippen MR) is 77.8 cm³/mol. The van der Waals surface area contributed by atoms with Crippen LogP contribution in [-0.2, 0) is 0 Å². The molecule has 2 N–H and O–H groups in total. The first-order valence-corrected chi connectivity index (χ1v) is 7.23. The third kappa shape index (κ3) is 2.46. The summed E-state index contributed by atoms with van der Waals surface area (Å²) in [5.41, 5.74) is 1.86. The lowest BCUT2D eigenvalue weighted by Gasteiger charge is -2.32. The van der Waals surface area contributed by atoms with Crippen LogP contribution in [0.15, 0.2) is 35.7 Å². The minimum atomic E-state index is -1.05. The normalized spacial score (nSPS) is 19.2. The molecule has 0 heterocycles. The highest BCUT2D eigenvalue weighted by atomic mass is 19.1. The highest BCUT2D eigenvalue weighted by Crippen LogP contribution is 2.46. The molecule has 0 unspecified atom stereocenters. The third-order valence-electron chi connectivity index (χ3n) is 4.34. The van der Waals surface area contributed by atoms with Crippen molar-refractivity contribution in [2.75, 3.05) is 0 Å². The minimum Gasteiger partial charge on any atom is -0.507 e. The molecule has 0 bridgehead atoms. The molecule has 3 nitrogen and oxygen atoms in total. The van der Waals surface area contributed by atoms with Gasteiger partial charge in [0.2, 0.25) is 0 Å². The fraction of sp³-hybridized carbons (Fsp3) is 0.353. The summed E-state index contributed by atoms with van der Waals surface area (Å²) in [6, 6.07) is 4.15. The Bertz CT molecular complexity index is 654. The molecule has 21 heavy (non-hydrogen) atoms. The lowest BCUT2D eigenvalue weighted by molar-refractivity contribution is 0.0697. The van der Waals surface area contributed by atoms with E-state index in [0.717, 1.165) is 19.3 Å². The van der Waals surface area contributed by atoms with Crippen molar-refractivity contribution in [1.82, 2.24) is 0 Å². The molecule has 0 atom stereocenters. The molecule has 0 spiro atoms. The second-order valence-corrected chi connectivity index (χ2v) is 5.64. The van der Waals surface area contributed by atoms with Crippen LogP contribution in [0, 0.1) is 5.92 Å². The average molecular weight is 288 g/mol. The second-order valence-electron chi connectivity index (χ2n) is 5.64. The van der Waals surface area contributed by atoms with Crippen LogP contribution in [0.3, 0.4) is 0 Å². The van der Waals surface area contributed by atoms with Crippen molar-refractivity contribution in [3.05, 3.63) is 46.8 Å². The molecule has 3 rings (SSSR count). The summed E-state index contributed by atoms with van der Waals surface area (Å²) in [7, 11) is 0. The molecule has 2 aliphatic rings. The molecule has 2 aliphatic carbocycles. The molecule has 110 valence electrons. The predicted octanol–water partition coefficient (Wildman–Crippen LogP) is 4.29. The Morgan fingerprint density at radius 2 is 2.05 bits per heavy atom. The number of halogens is 1. The molecule has 1 saturated carbocycles. The molecule has 0 radical (unpaired) electrons. The summed E-state index contributed by atoms with van der Waals surface area (Å²) < 4.78 is 14.3. The Kier molecular flexibility index (Phi) is 3.53. The Morgan fingerprint density at radius 1 is 1.29 bits per heavy atom. The zero-order valence-corrected chi connectivity index (χ0v) is 11.6. The van der Waals surface area contributed by atoms with Crippen LogP contribution < -0.4 is 0 Å². The SMILES string of the molecule is O=C(O)c1ccc(O)c(C2=CCCC(F)=C2C2CCC2)c1. The van der Waals surface area contributed by atoms with Crippen molar-refractivity contribution >= 4 is 11.5 Å². The smallest absolute Gasteiger partial charge is 0.335 e. The maximum atomic E-state index is 14.3. The summed E-state index contributed by atoms with van der Waals surface area (Å²) in [4.78, 5) is 11.1. The summed E-state index contributed by atoms with van der Waals surface area (Å²) in [6.45, 7) is 0. The highest BCUT2D eigenvalue weighted by Gasteiger charge is 2.30. The van der Waals surface area contributed by atoms with Gasteiger partial charge in [-0.1, -0.05) is 12.5 Å². The molecule has 0 aromatic heterocycles. The number of carboxylic acid groups (broad SMARTS) is 1. The van der Waals surface area contributed by atoms with Crippen molar-refractivity contribution in [2.45, 2.75) is 32.1 Å². The van der Waals surface area contributed by atoms with Crippen molar-refractivity contribution in [2.24, 2.45) is 5.92 Å². The molecule has 0 aliphatic heterocycles. The summed E-state index contributed by atoms with van der Waals surface area (Å²) in [5, 5.41) is 19.2. The van der Waals surface area contributed by atoms with Gasteiger partial charge >= 0.3 is 5.97 Å². The monoisotopic (exact) mass is 288 g/mol. The van der Waals surface area contributed by atoms with E-state index in [0.29, 0.717) is 29.6 Å². The van der Waals surface area contributed by atoms with Crippen LogP contribution in [0.1, 0.15) is 48.0 Å². The fourth-order valence-electron chi connectivity index (χ4n) is 3.01. The van der Waals surface area contributed by atoms with E-state index >= 15 is 0 Å². The Balaban J connectivity index is 2.07. The van der Waals surface area contributed by atoms with Gasteiger partial charge in [-0.3, -0.25) is 0 Å². The van der Waals surface area contributed by atoms with E-state index in [1.807, 2.05) is 6.08 Å². The largest absolute Gasteiger partial charge is 0.507 e. The molecular formula is C17H17FO3. The maximum Gasteiger partial charge on any atom is 0.335 e. The van der Waals surface area contributed by atoms with Crippen molar-refractivity contribution in [1.29, 1.82) is 0 Å². The van der Waals surface area contributed by atoms with E-state index in [1.165, 1.54) is 18.2 Å². The number of allylic oxidation sites excluding steroid dienone is 4. The number of hydrogen-bond donors (Lipinski definition) is 2. The zero-order chi connectivity index (χ0) is 15.0. The van der Waals surface area contributed by atoms with Gasteiger partial charge in [-0.15, -0.1) is 0 Å². The van der Waals surface area contributed by atoms with Crippen LogP contribution in [0.25, 0.3) is 5.57 Å². The number of benzene rings is 1. The minimum absolute atomic E-state index is 0.00206. The van der Waals surface area contributed by atoms with E-state index in [9.17, 15) is 14.3 Å².